The minimum Gasteiger partial charge on any atom is -0.370 e. The summed E-state index contributed by atoms with van der Waals surface area (Å²) in [6.45, 7) is 4.38. The minimum atomic E-state index is -0.187. The number of ether oxygens (including phenoxy) is 1. The van der Waals surface area contributed by atoms with Crippen LogP contribution in [0.5, 0.6) is 0 Å². The van der Waals surface area contributed by atoms with Gasteiger partial charge in [-0.05, 0) is 43.0 Å². The first kappa shape index (κ1) is 17.1. The molecule has 128 valence electrons. The van der Waals surface area contributed by atoms with Crippen LogP contribution in [0.2, 0.25) is 0 Å². The molecule has 0 fully saturated rings. The maximum Gasteiger partial charge on any atom is 0.257 e. The molecular formula is C19H24N2O2S. The average molecular weight is 344 g/mol. The van der Waals surface area contributed by atoms with E-state index in [-0.39, 0.29) is 17.8 Å². The molecule has 0 aliphatic carbocycles. The van der Waals surface area contributed by atoms with Gasteiger partial charge in [0, 0.05) is 12.1 Å². The summed E-state index contributed by atoms with van der Waals surface area (Å²) in [6.07, 6.45) is 3.32. The monoisotopic (exact) mass is 344 g/mol. The Labute approximate surface area is 147 Å². The fourth-order valence-electron chi connectivity index (χ4n) is 3.44. The van der Waals surface area contributed by atoms with Crippen LogP contribution in [-0.4, -0.2) is 16.1 Å². The highest BCUT2D eigenvalue weighted by Gasteiger charge is 2.30. The van der Waals surface area contributed by atoms with Gasteiger partial charge in [-0.3, -0.25) is 9.78 Å². The van der Waals surface area contributed by atoms with Gasteiger partial charge in [-0.1, -0.05) is 44.2 Å². The number of fused-ring (bicyclic) bond motifs is 1. The number of aromatic nitrogens is 2. The normalized spacial score (nSPS) is 20.1. The molecule has 2 heterocycles. The van der Waals surface area contributed by atoms with Gasteiger partial charge in [0.25, 0.3) is 5.56 Å². The van der Waals surface area contributed by atoms with Gasteiger partial charge in [0.2, 0.25) is 0 Å². The molecule has 24 heavy (non-hydrogen) atoms. The molecule has 1 aliphatic rings. The van der Waals surface area contributed by atoms with E-state index in [4.69, 9.17) is 17.0 Å². The molecule has 0 amide bonds. The highest BCUT2D eigenvalue weighted by molar-refractivity contribution is 7.71. The van der Waals surface area contributed by atoms with Gasteiger partial charge in [0.05, 0.1) is 17.8 Å². The van der Waals surface area contributed by atoms with Gasteiger partial charge in [-0.25, -0.2) is 0 Å². The largest absolute Gasteiger partial charge is 0.370 e. The van der Waals surface area contributed by atoms with Crippen molar-refractivity contribution in [3.8, 4) is 0 Å². The van der Waals surface area contributed by atoms with Gasteiger partial charge in [-0.2, -0.15) is 0 Å². The molecule has 0 spiro atoms. The average Bonchev–Trinajstić information content (AvgIpc) is 2.52. The summed E-state index contributed by atoms with van der Waals surface area (Å²) < 4.78 is 6.69. The van der Waals surface area contributed by atoms with E-state index in [1.54, 1.807) is 0 Å². The number of hydrogen-bond donors (Lipinski definition) is 2. The lowest BCUT2D eigenvalue weighted by Crippen LogP contribution is -2.34. The number of aromatic amines is 2. The van der Waals surface area contributed by atoms with E-state index in [0.29, 0.717) is 10.7 Å². The fourth-order valence-corrected chi connectivity index (χ4v) is 3.66. The Kier molecular flexibility index (Phi) is 5.31. The van der Waals surface area contributed by atoms with Crippen molar-refractivity contribution in [2.75, 3.05) is 0 Å². The summed E-state index contributed by atoms with van der Waals surface area (Å²) in [6, 6.07) is 10.3. The predicted octanol–water partition coefficient (Wildman–Crippen LogP) is 4.09. The molecule has 0 saturated carbocycles. The summed E-state index contributed by atoms with van der Waals surface area (Å²) in [4.78, 5) is 18.3. The molecule has 4 nitrogen and oxygen atoms in total. The first-order valence-electron chi connectivity index (χ1n) is 8.57. The van der Waals surface area contributed by atoms with Crippen LogP contribution in [0.25, 0.3) is 0 Å². The van der Waals surface area contributed by atoms with Crippen LogP contribution in [0.1, 0.15) is 49.6 Å². The smallest absolute Gasteiger partial charge is 0.257 e. The third-order valence-electron chi connectivity index (χ3n) is 4.44. The molecule has 1 aromatic heterocycles. The molecule has 2 atom stereocenters. The van der Waals surface area contributed by atoms with Crippen LogP contribution in [0.3, 0.4) is 0 Å². The van der Waals surface area contributed by atoms with Crippen molar-refractivity contribution in [1.29, 1.82) is 0 Å². The molecule has 0 radical (unpaired) electrons. The van der Waals surface area contributed by atoms with Crippen LogP contribution in [0.4, 0.5) is 0 Å². The number of rotatable bonds is 5. The van der Waals surface area contributed by atoms with Gasteiger partial charge in [0.15, 0.2) is 4.77 Å². The standard InChI is InChI=1S/C19H24N2O2S/c1-12(2)10-14-11-15-17(18(22)21-19(24)20-15)16(23-14)9-8-13-6-4-3-5-7-13/h3-7,12,14,16H,8-11H2,1-2H3,(H2,20,21,22,24)/t14-,16+/m1/s1. The first-order chi connectivity index (χ1) is 11.5. The topological polar surface area (TPSA) is 57.9 Å². The van der Waals surface area contributed by atoms with Gasteiger partial charge >= 0.3 is 0 Å². The summed E-state index contributed by atoms with van der Waals surface area (Å²) in [5, 5.41) is 0. The number of benzene rings is 1. The number of nitrogens with one attached hydrogen (secondary N) is 2. The van der Waals surface area contributed by atoms with Crippen molar-refractivity contribution in [3.05, 3.63) is 62.3 Å². The van der Waals surface area contributed by atoms with E-state index in [1.165, 1.54) is 5.56 Å². The molecule has 0 unspecified atom stereocenters. The van der Waals surface area contributed by atoms with Crippen LogP contribution < -0.4 is 5.56 Å². The van der Waals surface area contributed by atoms with Crippen molar-refractivity contribution in [3.63, 3.8) is 0 Å². The Morgan fingerprint density at radius 1 is 1.25 bits per heavy atom. The van der Waals surface area contributed by atoms with E-state index < -0.39 is 0 Å². The summed E-state index contributed by atoms with van der Waals surface area (Å²) in [7, 11) is 0. The molecule has 0 saturated heterocycles. The fraction of sp³-hybridized carbons (Fsp3) is 0.474. The summed E-state index contributed by atoms with van der Waals surface area (Å²) in [5.74, 6) is 0.552. The van der Waals surface area contributed by atoms with Crippen molar-refractivity contribution >= 4 is 12.2 Å². The van der Waals surface area contributed by atoms with Crippen LogP contribution in [-0.2, 0) is 17.6 Å². The van der Waals surface area contributed by atoms with Crippen molar-refractivity contribution in [2.45, 2.75) is 51.7 Å². The predicted molar refractivity (Wildman–Crippen MR) is 97.8 cm³/mol. The molecule has 2 aromatic rings. The third-order valence-corrected chi connectivity index (χ3v) is 4.65. The van der Waals surface area contributed by atoms with Gasteiger partial charge in [0.1, 0.15) is 0 Å². The quantitative estimate of drug-likeness (QED) is 0.803. The molecular weight excluding hydrogens is 320 g/mol. The maximum atomic E-state index is 12.4. The number of hydrogen-bond acceptors (Lipinski definition) is 3. The molecule has 2 N–H and O–H groups in total. The zero-order valence-corrected chi connectivity index (χ0v) is 15.0. The molecule has 1 aromatic carbocycles. The second kappa shape index (κ2) is 7.45. The van der Waals surface area contributed by atoms with Crippen LogP contribution >= 0.6 is 12.2 Å². The minimum absolute atomic E-state index is 0.116. The third kappa shape index (κ3) is 4.02. The second-order valence-electron chi connectivity index (χ2n) is 6.91. The molecule has 0 bridgehead atoms. The number of H-pyrrole nitrogens is 2. The zero-order valence-electron chi connectivity index (χ0n) is 14.2. The van der Waals surface area contributed by atoms with Gasteiger partial charge < -0.3 is 9.72 Å². The molecule has 3 rings (SSSR count). The highest BCUT2D eigenvalue weighted by atomic mass is 32.1. The van der Waals surface area contributed by atoms with E-state index in [9.17, 15) is 4.79 Å². The van der Waals surface area contributed by atoms with E-state index in [2.05, 4.69) is 35.9 Å². The Morgan fingerprint density at radius 3 is 2.71 bits per heavy atom. The van der Waals surface area contributed by atoms with Gasteiger partial charge in [-0.15, -0.1) is 0 Å². The summed E-state index contributed by atoms with van der Waals surface area (Å²) in [5.41, 5.74) is 2.81. The highest BCUT2D eigenvalue weighted by Crippen LogP contribution is 2.32. The van der Waals surface area contributed by atoms with E-state index >= 15 is 0 Å². The van der Waals surface area contributed by atoms with E-state index in [1.807, 2.05) is 18.2 Å². The SMILES string of the molecule is CC(C)C[C@@H]1Cc2[nH]c(=S)[nH]c(=O)c2[C@H](CCc2ccccc2)O1. The Morgan fingerprint density at radius 2 is 2.00 bits per heavy atom. The Bertz CT molecular complexity index is 795. The maximum absolute atomic E-state index is 12.4. The Hall–Kier alpha value is -1.72. The molecule has 1 aliphatic heterocycles. The molecule has 5 heteroatoms. The van der Waals surface area contributed by atoms with Crippen molar-refractivity contribution in [2.24, 2.45) is 5.92 Å². The first-order valence-corrected chi connectivity index (χ1v) is 8.98. The lowest BCUT2D eigenvalue weighted by Gasteiger charge is -2.32. The van der Waals surface area contributed by atoms with Crippen molar-refractivity contribution in [1.82, 2.24) is 9.97 Å². The Balaban J connectivity index is 1.86. The number of aryl methyl sites for hydroxylation is 1. The van der Waals surface area contributed by atoms with Crippen LogP contribution in [0.15, 0.2) is 35.1 Å². The van der Waals surface area contributed by atoms with Crippen molar-refractivity contribution < 1.29 is 4.74 Å². The summed E-state index contributed by atoms with van der Waals surface area (Å²) >= 11 is 5.14. The lowest BCUT2D eigenvalue weighted by molar-refractivity contribution is -0.0408. The van der Waals surface area contributed by atoms with E-state index in [0.717, 1.165) is 36.9 Å². The lowest BCUT2D eigenvalue weighted by atomic mass is 9.92. The zero-order chi connectivity index (χ0) is 17.1. The second-order valence-corrected chi connectivity index (χ2v) is 7.31. The van der Waals surface area contributed by atoms with Crippen LogP contribution in [0, 0.1) is 10.7 Å².